The second-order valence-electron chi connectivity index (χ2n) is 5.87. The van der Waals surface area contributed by atoms with Crippen LogP contribution in [0.15, 0.2) is 34.8 Å². The molecule has 0 heterocycles. The number of carbonyl (C=O) groups is 1. The Hall–Kier alpha value is -2.21. The molecule has 140 valence electrons. The highest BCUT2D eigenvalue weighted by Gasteiger charge is 2.13. The van der Waals surface area contributed by atoms with Crippen LogP contribution in [0.25, 0.3) is 0 Å². The van der Waals surface area contributed by atoms with Crippen LogP contribution in [0.1, 0.15) is 41.8 Å². The normalized spacial score (nSPS) is 10.5. The second kappa shape index (κ2) is 9.48. The molecule has 0 aliphatic rings. The molecule has 0 radical (unpaired) electrons. The van der Waals surface area contributed by atoms with Crippen LogP contribution >= 0.6 is 15.9 Å². The molecule has 0 aliphatic carbocycles. The molecule has 2 aromatic carbocycles. The predicted molar refractivity (Wildman–Crippen MR) is 107 cm³/mol. The number of aromatic carboxylic acids is 1. The summed E-state index contributed by atoms with van der Waals surface area (Å²) >= 11 is 3.57. The highest BCUT2D eigenvalue weighted by Crippen LogP contribution is 2.37. The van der Waals surface area contributed by atoms with E-state index in [0.717, 1.165) is 33.5 Å². The summed E-state index contributed by atoms with van der Waals surface area (Å²) in [5.41, 5.74) is 3.10. The SMILES string of the molecule is CCCOc1c(Br)cc(CNc2ccc(C(=O)O)cc2C)cc1OCC. The number of nitrogens with one attached hydrogen (secondary N) is 1. The number of anilines is 1. The van der Waals surface area contributed by atoms with Crippen molar-refractivity contribution in [3.8, 4) is 11.5 Å². The average molecular weight is 422 g/mol. The van der Waals surface area contributed by atoms with E-state index >= 15 is 0 Å². The van der Waals surface area contributed by atoms with Crippen LogP contribution in [0.2, 0.25) is 0 Å². The standard InChI is InChI=1S/C20H24BrNO4/c1-4-8-26-19-16(21)10-14(11-18(19)25-5-2)12-22-17-7-6-15(20(23)24)9-13(17)3/h6-7,9-11,22H,4-5,8,12H2,1-3H3,(H,23,24). The zero-order chi connectivity index (χ0) is 19.1. The van der Waals surface area contributed by atoms with Crippen molar-refractivity contribution in [1.29, 1.82) is 0 Å². The molecule has 0 unspecified atom stereocenters. The van der Waals surface area contributed by atoms with Crippen molar-refractivity contribution in [3.05, 3.63) is 51.5 Å². The van der Waals surface area contributed by atoms with Crippen molar-refractivity contribution in [2.75, 3.05) is 18.5 Å². The maximum absolute atomic E-state index is 11.0. The summed E-state index contributed by atoms with van der Waals surface area (Å²) in [6, 6.07) is 9.01. The maximum atomic E-state index is 11.0. The average Bonchev–Trinajstić information content (AvgIpc) is 2.60. The molecule has 0 saturated heterocycles. The Bertz CT molecular complexity index is 777. The van der Waals surface area contributed by atoms with Gasteiger partial charge in [-0.25, -0.2) is 4.79 Å². The Balaban J connectivity index is 2.17. The Morgan fingerprint density at radius 3 is 2.58 bits per heavy atom. The lowest BCUT2D eigenvalue weighted by atomic mass is 10.1. The largest absolute Gasteiger partial charge is 0.490 e. The fraction of sp³-hybridized carbons (Fsp3) is 0.350. The van der Waals surface area contributed by atoms with Crippen LogP contribution in [-0.4, -0.2) is 24.3 Å². The monoisotopic (exact) mass is 421 g/mol. The summed E-state index contributed by atoms with van der Waals surface area (Å²) in [5.74, 6) is 0.511. The van der Waals surface area contributed by atoms with E-state index in [1.807, 2.05) is 26.0 Å². The lowest BCUT2D eigenvalue weighted by Crippen LogP contribution is -2.05. The molecular formula is C20H24BrNO4. The Morgan fingerprint density at radius 1 is 1.19 bits per heavy atom. The first-order valence-electron chi connectivity index (χ1n) is 8.62. The third-order valence-corrected chi connectivity index (χ3v) is 4.37. The van der Waals surface area contributed by atoms with Gasteiger partial charge in [-0.2, -0.15) is 0 Å². The third-order valence-electron chi connectivity index (χ3n) is 3.78. The minimum Gasteiger partial charge on any atom is -0.490 e. The zero-order valence-corrected chi connectivity index (χ0v) is 16.9. The van der Waals surface area contributed by atoms with E-state index in [-0.39, 0.29) is 5.56 Å². The van der Waals surface area contributed by atoms with Crippen molar-refractivity contribution >= 4 is 27.6 Å². The molecule has 26 heavy (non-hydrogen) atoms. The van der Waals surface area contributed by atoms with Crippen LogP contribution in [0.4, 0.5) is 5.69 Å². The van der Waals surface area contributed by atoms with Crippen LogP contribution in [-0.2, 0) is 6.54 Å². The van der Waals surface area contributed by atoms with Gasteiger partial charge in [-0.05, 0) is 77.7 Å². The highest BCUT2D eigenvalue weighted by molar-refractivity contribution is 9.10. The third kappa shape index (κ3) is 5.14. The number of carboxylic acid groups (broad SMARTS) is 1. The fourth-order valence-corrected chi connectivity index (χ4v) is 3.13. The summed E-state index contributed by atoms with van der Waals surface area (Å²) in [7, 11) is 0. The van der Waals surface area contributed by atoms with E-state index < -0.39 is 5.97 Å². The van der Waals surface area contributed by atoms with Crippen molar-refractivity contribution in [1.82, 2.24) is 0 Å². The van der Waals surface area contributed by atoms with Crippen molar-refractivity contribution in [3.63, 3.8) is 0 Å². The Morgan fingerprint density at radius 2 is 1.96 bits per heavy atom. The molecule has 0 bridgehead atoms. The van der Waals surface area contributed by atoms with Gasteiger partial charge in [-0.1, -0.05) is 6.92 Å². The lowest BCUT2D eigenvalue weighted by molar-refractivity contribution is 0.0697. The minimum atomic E-state index is -0.924. The molecule has 6 heteroatoms. The van der Waals surface area contributed by atoms with Crippen molar-refractivity contribution in [2.45, 2.75) is 33.7 Å². The van der Waals surface area contributed by atoms with E-state index in [4.69, 9.17) is 14.6 Å². The topological polar surface area (TPSA) is 67.8 Å². The summed E-state index contributed by atoms with van der Waals surface area (Å²) in [6.07, 6.45) is 0.924. The first-order chi connectivity index (χ1) is 12.5. The van der Waals surface area contributed by atoms with E-state index in [0.29, 0.717) is 25.5 Å². The zero-order valence-electron chi connectivity index (χ0n) is 15.3. The van der Waals surface area contributed by atoms with Gasteiger partial charge >= 0.3 is 5.97 Å². The summed E-state index contributed by atoms with van der Waals surface area (Å²) < 4.78 is 12.4. The molecule has 0 aliphatic heterocycles. The van der Waals surface area contributed by atoms with Gasteiger partial charge in [0.25, 0.3) is 0 Å². The van der Waals surface area contributed by atoms with E-state index in [1.54, 1.807) is 18.2 Å². The molecule has 5 nitrogen and oxygen atoms in total. The van der Waals surface area contributed by atoms with E-state index in [9.17, 15) is 4.79 Å². The molecule has 2 N–H and O–H groups in total. The van der Waals surface area contributed by atoms with Gasteiger partial charge in [0.15, 0.2) is 11.5 Å². The number of rotatable bonds is 9. The smallest absolute Gasteiger partial charge is 0.335 e. The number of aryl methyl sites for hydroxylation is 1. The number of hydrogen-bond donors (Lipinski definition) is 2. The molecule has 0 atom stereocenters. The molecule has 0 aromatic heterocycles. The molecule has 2 rings (SSSR count). The van der Waals surface area contributed by atoms with Gasteiger partial charge in [0.05, 0.1) is 23.2 Å². The van der Waals surface area contributed by atoms with Crippen LogP contribution in [0.5, 0.6) is 11.5 Å². The van der Waals surface area contributed by atoms with E-state index in [1.165, 1.54) is 0 Å². The van der Waals surface area contributed by atoms with E-state index in [2.05, 4.69) is 28.2 Å². The van der Waals surface area contributed by atoms with Gasteiger partial charge in [-0.3, -0.25) is 0 Å². The predicted octanol–water partition coefficient (Wildman–Crippen LogP) is 5.26. The number of benzene rings is 2. The molecular weight excluding hydrogens is 398 g/mol. The number of carboxylic acids is 1. The lowest BCUT2D eigenvalue weighted by Gasteiger charge is -2.16. The van der Waals surface area contributed by atoms with Gasteiger partial charge in [0.1, 0.15) is 0 Å². The molecule has 0 amide bonds. The maximum Gasteiger partial charge on any atom is 0.335 e. The molecule has 0 saturated carbocycles. The Labute approximate surface area is 162 Å². The summed E-state index contributed by atoms with van der Waals surface area (Å²) in [5, 5.41) is 12.4. The first-order valence-corrected chi connectivity index (χ1v) is 9.41. The first kappa shape index (κ1) is 20.1. The number of hydrogen-bond acceptors (Lipinski definition) is 4. The number of ether oxygens (including phenoxy) is 2. The molecule has 0 fully saturated rings. The van der Waals surface area contributed by atoms with Crippen LogP contribution < -0.4 is 14.8 Å². The highest BCUT2D eigenvalue weighted by atomic mass is 79.9. The Kier molecular flexibility index (Phi) is 7.33. The van der Waals surface area contributed by atoms with Gasteiger partial charge in [0, 0.05) is 12.2 Å². The summed E-state index contributed by atoms with van der Waals surface area (Å²) in [6.45, 7) is 7.66. The van der Waals surface area contributed by atoms with Gasteiger partial charge < -0.3 is 19.9 Å². The molecule has 0 spiro atoms. The van der Waals surface area contributed by atoms with Crippen molar-refractivity contribution in [2.24, 2.45) is 0 Å². The van der Waals surface area contributed by atoms with Gasteiger partial charge in [0.2, 0.25) is 0 Å². The minimum absolute atomic E-state index is 0.284. The second-order valence-corrected chi connectivity index (χ2v) is 6.73. The van der Waals surface area contributed by atoms with Crippen molar-refractivity contribution < 1.29 is 19.4 Å². The fourth-order valence-electron chi connectivity index (χ4n) is 2.52. The van der Waals surface area contributed by atoms with Crippen LogP contribution in [0.3, 0.4) is 0 Å². The van der Waals surface area contributed by atoms with Crippen LogP contribution in [0, 0.1) is 6.92 Å². The number of halogens is 1. The van der Waals surface area contributed by atoms with Gasteiger partial charge in [-0.15, -0.1) is 0 Å². The quantitative estimate of drug-likeness (QED) is 0.578. The molecule has 2 aromatic rings. The summed E-state index contributed by atoms with van der Waals surface area (Å²) in [4.78, 5) is 11.0.